The molecule has 2 N–H and O–H groups in total. The van der Waals surface area contributed by atoms with Gasteiger partial charge in [0, 0.05) is 13.1 Å². The van der Waals surface area contributed by atoms with Crippen LogP contribution < -0.4 is 10.6 Å². The van der Waals surface area contributed by atoms with E-state index in [1.54, 1.807) is 4.90 Å². The number of amides is 1. The number of carbonyl (C=O) groups excluding carboxylic acids is 1. The number of anilines is 1. The Balaban J connectivity index is 2.45. The highest BCUT2D eigenvalue weighted by Gasteiger charge is 2.35. The van der Waals surface area contributed by atoms with Crippen LogP contribution in [0.1, 0.15) is 36.3 Å². The summed E-state index contributed by atoms with van der Waals surface area (Å²) in [6.45, 7) is 5.19. The zero-order valence-electron chi connectivity index (χ0n) is 11.9. The average molecular weight is 301 g/mol. The number of halogens is 3. The van der Waals surface area contributed by atoms with Gasteiger partial charge in [0.05, 0.1) is 5.56 Å². The van der Waals surface area contributed by atoms with E-state index in [-0.39, 0.29) is 11.4 Å². The van der Waals surface area contributed by atoms with Crippen LogP contribution in [0.3, 0.4) is 0 Å². The summed E-state index contributed by atoms with van der Waals surface area (Å²) in [5.74, 6) is -0.0792. The van der Waals surface area contributed by atoms with Gasteiger partial charge in [-0.05, 0) is 30.4 Å². The van der Waals surface area contributed by atoms with Crippen molar-refractivity contribution >= 4 is 11.7 Å². The Bertz CT molecular complexity index is 535. The summed E-state index contributed by atoms with van der Waals surface area (Å²) in [5.41, 5.74) is 4.29. The quantitative estimate of drug-likeness (QED) is 0.913. The third kappa shape index (κ3) is 3.46. The molecule has 7 heteroatoms. The van der Waals surface area contributed by atoms with E-state index in [1.165, 1.54) is 0 Å². The van der Waals surface area contributed by atoms with Gasteiger partial charge in [-0.1, -0.05) is 13.8 Å². The van der Waals surface area contributed by atoms with E-state index in [0.717, 1.165) is 18.6 Å². The van der Waals surface area contributed by atoms with E-state index in [2.05, 4.69) is 4.98 Å². The van der Waals surface area contributed by atoms with Gasteiger partial charge >= 0.3 is 6.18 Å². The number of primary amides is 1. The molecule has 1 saturated heterocycles. The molecule has 1 amide bonds. The van der Waals surface area contributed by atoms with Crippen molar-refractivity contribution in [2.75, 3.05) is 18.0 Å². The van der Waals surface area contributed by atoms with E-state index in [9.17, 15) is 18.0 Å². The van der Waals surface area contributed by atoms with E-state index in [1.807, 2.05) is 13.8 Å². The number of hydrogen-bond acceptors (Lipinski definition) is 3. The molecule has 0 bridgehead atoms. The van der Waals surface area contributed by atoms with E-state index in [4.69, 9.17) is 5.73 Å². The first-order valence-electron chi connectivity index (χ1n) is 6.81. The minimum atomic E-state index is -4.54. The molecule has 2 rings (SSSR count). The van der Waals surface area contributed by atoms with Crippen molar-refractivity contribution in [1.29, 1.82) is 0 Å². The van der Waals surface area contributed by atoms with Crippen molar-refractivity contribution in [3.8, 4) is 0 Å². The number of alkyl halides is 3. The topological polar surface area (TPSA) is 59.2 Å². The summed E-state index contributed by atoms with van der Waals surface area (Å²) in [5, 5.41) is 0. The minimum absolute atomic E-state index is 0.0318. The first-order valence-corrected chi connectivity index (χ1v) is 6.81. The molecule has 1 aromatic rings. The zero-order valence-corrected chi connectivity index (χ0v) is 11.9. The maximum absolute atomic E-state index is 12.8. The van der Waals surface area contributed by atoms with Crippen LogP contribution in [0, 0.1) is 11.8 Å². The summed E-state index contributed by atoms with van der Waals surface area (Å²) in [6.07, 6.45) is -3.54. The summed E-state index contributed by atoms with van der Waals surface area (Å²) >= 11 is 0. The lowest BCUT2D eigenvalue weighted by atomic mass is 9.91. The molecule has 1 aliphatic rings. The van der Waals surface area contributed by atoms with E-state index in [0.29, 0.717) is 24.9 Å². The van der Waals surface area contributed by atoms with E-state index < -0.39 is 17.8 Å². The number of rotatable bonds is 2. The Labute approximate surface area is 121 Å². The zero-order chi connectivity index (χ0) is 15.8. The number of hydrogen-bond donors (Lipinski definition) is 1. The molecule has 1 fully saturated rings. The molecule has 2 unspecified atom stereocenters. The molecule has 0 aromatic carbocycles. The second-order valence-corrected chi connectivity index (χ2v) is 5.78. The molecular formula is C14H18F3N3O. The Morgan fingerprint density at radius 3 is 2.33 bits per heavy atom. The second-order valence-electron chi connectivity index (χ2n) is 5.78. The first-order chi connectivity index (χ1) is 9.68. The Hall–Kier alpha value is -1.79. The number of aromatic nitrogens is 1. The highest BCUT2D eigenvalue weighted by Crippen LogP contribution is 2.32. The van der Waals surface area contributed by atoms with Gasteiger partial charge in [0.2, 0.25) is 0 Å². The smallest absolute Gasteiger partial charge is 0.365 e. The molecule has 0 spiro atoms. The van der Waals surface area contributed by atoms with Crippen LogP contribution in [0.15, 0.2) is 12.1 Å². The molecule has 21 heavy (non-hydrogen) atoms. The Kier molecular flexibility index (Phi) is 4.11. The molecule has 1 aromatic heterocycles. The molecule has 0 saturated carbocycles. The molecule has 0 radical (unpaired) electrons. The third-order valence-electron chi connectivity index (χ3n) is 3.60. The molecule has 1 aliphatic heterocycles. The molecule has 2 heterocycles. The van der Waals surface area contributed by atoms with Gasteiger partial charge < -0.3 is 10.6 Å². The van der Waals surface area contributed by atoms with Crippen LogP contribution in [-0.2, 0) is 6.18 Å². The van der Waals surface area contributed by atoms with Crippen molar-refractivity contribution in [2.24, 2.45) is 17.6 Å². The molecular weight excluding hydrogens is 283 g/mol. The highest BCUT2D eigenvalue weighted by molar-refractivity contribution is 5.97. The lowest BCUT2D eigenvalue weighted by Crippen LogP contribution is -2.40. The lowest BCUT2D eigenvalue weighted by Gasteiger charge is -2.36. The maximum atomic E-state index is 12.8. The van der Waals surface area contributed by atoms with Crippen LogP contribution >= 0.6 is 0 Å². The van der Waals surface area contributed by atoms with Gasteiger partial charge in [-0.3, -0.25) is 4.79 Å². The van der Waals surface area contributed by atoms with Gasteiger partial charge in [0.1, 0.15) is 11.5 Å². The number of nitrogens with two attached hydrogens (primary N) is 1. The largest absolute Gasteiger partial charge is 0.433 e. The van der Waals surface area contributed by atoms with Crippen molar-refractivity contribution < 1.29 is 18.0 Å². The second kappa shape index (κ2) is 5.54. The van der Waals surface area contributed by atoms with Gasteiger partial charge in [0.25, 0.3) is 5.91 Å². The van der Waals surface area contributed by atoms with Crippen LogP contribution in [0.4, 0.5) is 19.0 Å². The molecule has 2 atom stereocenters. The predicted octanol–water partition coefficient (Wildman–Crippen LogP) is 2.68. The predicted molar refractivity (Wildman–Crippen MR) is 72.9 cm³/mol. The standard InChI is InChI=1S/C14H18F3N3O/c1-8-5-9(2)7-20(6-8)13-10(12(18)21)3-4-11(19-13)14(15,16)17/h3-4,8-9H,5-7H2,1-2H3,(H2,18,21). The van der Waals surface area contributed by atoms with E-state index >= 15 is 0 Å². The van der Waals surface area contributed by atoms with Crippen LogP contribution in [0.2, 0.25) is 0 Å². The van der Waals surface area contributed by atoms with Gasteiger partial charge in [0.15, 0.2) is 0 Å². The summed E-state index contributed by atoms with van der Waals surface area (Å²) in [4.78, 5) is 16.9. The average Bonchev–Trinajstić information content (AvgIpc) is 2.35. The number of pyridine rings is 1. The van der Waals surface area contributed by atoms with Crippen LogP contribution in [0.5, 0.6) is 0 Å². The van der Waals surface area contributed by atoms with Crippen molar-refractivity contribution in [3.05, 3.63) is 23.4 Å². The molecule has 0 aliphatic carbocycles. The fraction of sp³-hybridized carbons (Fsp3) is 0.571. The van der Waals surface area contributed by atoms with Crippen LogP contribution in [-0.4, -0.2) is 24.0 Å². The van der Waals surface area contributed by atoms with Crippen molar-refractivity contribution in [2.45, 2.75) is 26.4 Å². The van der Waals surface area contributed by atoms with Gasteiger partial charge in [-0.2, -0.15) is 13.2 Å². The monoisotopic (exact) mass is 301 g/mol. The Morgan fingerprint density at radius 2 is 1.86 bits per heavy atom. The van der Waals surface area contributed by atoms with Crippen molar-refractivity contribution in [3.63, 3.8) is 0 Å². The number of piperidine rings is 1. The van der Waals surface area contributed by atoms with Gasteiger partial charge in [-0.25, -0.2) is 4.98 Å². The molecule has 4 nitrogen and oxygen atoms in total. The third-order valence-corrected chi connectivity index (χ3v) is 3.60. The fourth-order valence-electron chi connectivity index (χ4n) is 2.88. The number of carbonyl (C=O) groups is 1. The van der Waals surface area contributed by atoms with Gasteiger partial charge in [-0.15, -0.1) is 0 Å². The minimum Gasteiger partial charge on any atom is -0.365 e. The highest BCUT2D eigenvalue weighted by atomic mass is 19.4. The van der Waals surface area contributed by atoms with Crippen LogP contribution in [0.25, 0.3) is 0 Å². The summed E-state index contributed by atoms with van der Waals surface area (Å²) in [6, 6.07) is 1.90. The van der Waals surface area contributed by atoms with Crippen molar-refractivity contribution in [1.82, 2.24) is 4.98 Å². The SMILES string of the molecule is CC1CC(C)CN(c2nc(C(F)(F)F)ccc2C(N)=O)C1. The lowest BCUT2D eigenvalue weighted by molar-refractivity contribution is -0.141. The first kappa shape index (κ1) is 15.6. The normalized spacial score (nSPS) is 23.2. The Morgan fingerprint density at radius 1 is 1.29 bits per heavy atom. The maximum Gasteiger partial charge on any atom is 0.433 e. The summed E-state index contributed by atoms with van der Waals surface area (Å²) in [7, 11) is 0. The number of nitrogens with zero attached hydrogens (tertiary/aromatic N) is 2. The fourth-order valence-corrected chi connectivity index (χ4v) is 2.88. The summed E-state index contributed by atoms with van der Waals surface area (Å²) < 4.78 is 38.5. The molecule has 116 valence electrons.